The van der Waals surface area contributed by atoms with E-state index in [4.69, 9.17) is 0 Å². The quantitative estimate of drug-likeness (QED) is 0.625. The van der Waals surface area contributed by atoms with Crippen molar-refractivity contribution in [1.29, 1.82) is 0 Å². The fourth-order valence-corrected chi connectivity index (χ4v) is 2.70. The number of nitrogens with one attached hydrogen (secondary N) is 1. The Morgan fingerprint density at radius 3 is 2.52 bits per heavy atom. The Kier molecular flexibility index (Phi) is 6.35. The largest absolute Gasteiger partial charge is 0.452 e. The van der Waals surface area contributed by atoms with Crippen LogP contribution in [0.4, 0.5) is 13.2 Å². The molecule has 1 aromatic heterocycles. The van der Waals surface area contributed by atoms with Gasteiger partial charge in [-0.25, -0.2) is 4.79 Å². The highest BCUT2D eigenvalue weighted by Crippen LogP contribution is 2.28. The van der Waals surface area contributed by atoms with Gasteiger partial charge in [0.1, 0.15) is 6.54 Å². The number of benzene rings is 1. The predicted octanol–water partition coefficient (Wildman–Crippen LogP) is 3.65. The predicted molar refractivity (Wildman–Crippen MR) is 88.8 cm³/mol. The summed E-state index contributed by atoms with van der Waals surface area (Å²) in [5.74, 6) is -1.82. The number of carbonyl (C=O) groups is 2. The van der Waals surface area contributed by atoms with Crippen molar-refractivity contribution in [2.24, 2.45) is 0 Å². The van der Waals surface area contributed by atoms with E-state index in [0.29, 0.717) is 0 Å². The monoisotopic (exact) mass is 369 g/mol. The maximum absolute atomic E-state index is 11.9. The minimum absolute atomic E-state index is 0.765. The Hall–Kier alpha value is -2.61. The van der Waals surface area contributed by atoms with Crippen molar-refractivity contribution in [3.8, 4) is 10.4 Å². The number of alkyl halides is 3. The Morgan fingerprint density at radius 2 is 1.84 bits per heavy atom. The molecule has 0 atom stereocenters. The van der Waals surface area contributed by atoms with Crippen LogP contribution in [0.25, 0.3) is 16.5 Å². The number of rotatable bonds is 6. The summed E-state index contributed by atoms with van der Waals surface area (Å²) in [6.07, 6.45) is -1.86. The minimum Gasteiger partial charge on any atom is -0.452 e. The fraction of sp³-hybridized carbons (Fsp3) is 0.176. The van der Waals surface area contributed by atoms with Crippen LogP contribution in [0.5, 0.6) is 0 Å². The molecule has 1 amide bonds. The van der Waals surface area contributed by atoms with E-state index in [1.165, 1.54) is 17.4 Å². The maximum Gasteiger partial charge on any atom is 0.405 e. The van der Waals surface area contributed by atoms with Crippen LogP contribution in [0, 0.1) is 0 Å². The minimum atomic E-state index is -4.50. The van der Waals surface area contributed by atoms with Gasteiger partial charge in [-0.15, -0.1) is 11.3 Å². The molecule has 1 N–H and O–H groups in total. The molecule has 0 saturated carbocycles. The number of halogens is 3. The zero-order valence-corrected chi connectivity index (χ0v) is 13.7. The first-order valence-electron chi connectivity index (χ1n) is 7.17. The van der Waals surface area contributed by atoms with Crippen molar-refractivity contribution in [3.63, 3.8) is 0 Å². The van der Waals surface area contributed by atoms with Gasteiger partial charge in [-0.2, -0.15) is 13.2 Å². The van der Waals surface area contributed by atoms with Crippen molar-refractivity contribution < 1.29 is 27.5 Å². The summed E-state index contributed by atoms with van der Waals surface area (Å²) in [4.78, 5) is 24.4. The molecule has 132 valence electrons. The molecule has 2 aromatic rings. The van der Waals surface area contributed by atoms with Crippen molar-refractivity contribution in [3.05, 3.63) is 53.4 Å². The van der Waals surface area contributed by atoms with Crippen molar-refractivity contribution >= 4 is 29.3 Å². The highest BCUT2D eigenvalue weighted by molar-refractivity contribution is 7.16. The maximum atomic E-state index is 11.9. The molecule has 0 bridgehead atoms. The molecule has 0 fully saturated rings. The van der Waals surface area contributed by atoms with Crippen LogP contribution in [0.3, 0.4) is 0 Å². The molecular weight excluding hydrogens is 355 g/mol. The average molecular weight is 369 g/mol. The zero-order valence-electron chi connectivity index (χ0n) is 12.9. The van der Waals surface area contributed by atoms with Gasteiger partial charge in [-0.3, -0.25) is 4.79 Å². The number of hydrogen-bond donors (Lipinski definition) is 1. The van der Waals surface area contributed by atoms with E-state index in [1.807, 2.05) is 42.5 Å². The molecule has 25 heavy (non-hydrogen) atoms. The fourth-order valence-electron chi connectivity index (χ4n) is 1.78. The number of ether oxygens (including phenoxy) is 1. The molecular formula is C17H14F3NO3S. The molecule has 0 unspecified atom stereocenters. The molecule has 8 heteroatoms. The Balaban J connectivity index is 1.81. The lowest BCUT2D eigenvalue weighted by Gasteiger charge is -2.07. The van der Waals surface area contributed by atoms with Gasteiger partial charge in [-0.05, 0) is 23.8 Å². The molecule has 0 spiro atoms. The molecule has 1 aromatic carbocycles. The van der Waals surface area contributed by atoms with Crippen LogP contribution >= 0.6 is 11.3 Å². The third kappa shape index (κ3) is 6.80. The van der Waals surface area contributed by atoms with Crippen molar-refractivity contribution in [2.45, 2.75) is 6.18 Å². The lowest BCUT2D eigenvalue weighted by atomic mass is 10.2. The van der Waals surface area contributed by atoms with E-state index in [2.05, 4.69) is 4.74 Å². The first kappa shape index (κ1) is 18.7. The van der Waals surface area contributed by atoms with Crippen LogP contribution in [-0.2, 0) is 14.3 Å². The van der Waals surface area contributed by atoms with Gasteiger partial charge in [0.05, 0.1) is 0 Å². The molecule has 0 aliphatic heterocycles. The topological polar surface area (TPSA) is 55.4 Å². The van der Waals surface area contributed by atoms with Gasteiger partial charge in [-0.1, -0.05) is 30.3 Å². The van der Waals surface area contributed by atoms with E-state index >= 15 is 0 Å². The van der Waals surface area contributed by atoms with E-state index in [1.54, 1.807) is 5.32 Å². The number of carbonyl (C=O) groups excluding carboxylic acids is 2. The van der Waals surface area contributed by atoms with Gasteiger partial charge in [0.15, 0.2) is 6.61 Å². The second kappa shape index (κ2) is 8.48. The van der Waals surface area contributed by atoms with E-state index in [0.717, 1.165) is 21.4 Å². The first-order chi connectivity index (χ1) is 11.8. The number of thiophene rings is 1. The number of amides is 1. The average Bonchev–Trinajstić information content (AvgIpc) is 3.05. The number of hydrogen-bond acceptors (Lipinski definition) is 4. The van der Waals surface area contributed by atoms with Gasteiger partial charge in [0.2, 0.25) is 0 Å². The van der Waals surface area contributed by atoms with E-state index < -0.39 is 31.2 Å². The Bertz CT molecular complexity index is 754. The summed E-state index contributed by atoms with van der Waals surface area (Å²) < 4.78 is 40.3. The highest BCUT2D eigenvalue weighted by Gasteiger charge is 2.27. The first-order valence-corrected chi connectivity index (χ1v) is 7.99. The second-order valence-electron chi connectivity index (χ2n) is 4.90. The third-order valence-electron chi connectivity index (χ3n) is 2.90. The lowest BCUT2D eigenvalue weighted by Crippen LogP contribution is -2.36. The Labute approximate surface area is 145 Å². The summed E-state index contributed by atoms with van der Waals surface area (Å²) in [7, 11) is 0. The lowest BCUT2D eigenvalue weighted by molar-refractivity contribution is -0.148. The van der Waals surface area contributed by atoms with E-state index in [9.17, 15) is 22.8 Å². The van der Waals surface area contributed by atoms with Crippen LogP contribution in [0.2, 0.25) is 0 Å². The van der Waals surface area contributed by atoms with Gasteiger partial charge in [0, 0.05) is 15.8 Å². The molecule has 0 saturated heterocycles. The van der Waals surface area contributed by atoms with Gasteiger partial charge >= 0.3 is 12.1 Å². The third-order valence-corrected chi connectivity index (χ3v) is 4.00. The van der Waals surface area contributed by atoms with Crippen molar-refractivity contribution in [2.75, 3.05) is 13.2 Å². The summed E-state index contributed by atoms with van der Waals surface area (Å²) in [5.41, 5.74) is 1.05. The van der Waals surface area contributed by atoms with Crippen LogP contribution < -0.4 is 5.32 Å². The SMILES string of the molecule is O=C(COC(=O)/C=C/c1ccc(-c2ccccc2)s1)NCC(F)(F)F. The molecule has 2 rings (SSSR count). The molecule has 0 aliphatic carbocycles. The van der Waals surface area contributed by atoms with E-state index in [-0.39, 0.29) is 0 Å². The highest BCUT2D eigenvalue weighted by atomic mass is 32.1. The summed E-state index contributed by atoms with van der Waals surface area (Å²) in [5, 5.41) is 1.61. The van der Waals surface area contributed by atoms with Crippen LogP contribution in [-0.4, -0.2) is 31.2 Å². The zero-order chi connectivity index (χ0) is 18.3. The van der Waals surface area contributed by atoms with Gasteiger partial charge in [0.25, 0.3) is 5.91 Å². The Morgan fingerprint density at radius 1 is 1.12 bits per heavy atom. The summed E-state index contributed by atoms with van der Waals surface area (Å²) >= 11 is 1.46. The molecule has 1 heterocycles. The van der Waals surface area contributed by atoms with Gasteiger partial charge < -0.3 is 10.1 Å². The van der Waals surface area contributed by atoms with Crippen molar-refractivity contribution in [1.82, 2.24) is 5.32 Å². The number of esters is 1. The standard InChI is InChI=1S/C17H14F3NO3S/c18-17(19,20)11-21-15(22)10-24-16(23)9-7-13-6-8-14(25-13)12-4-2-1-3-5-12/h1-9H,10-11H2,(H,21,22)/b9-7+. The second-order valence-corrected chi connectivity index (χ2v) is 6.02. The smallest absolute Gasteiger partial charge is 0.405 e. The molecule has 4 nitrogen and oxygen atoms in total. The molecule has 0 aliphatic rings. The summed E-state index contributed by atoms with van der Waals surface area (Å²) in [6, 6.07) is 13.4. The van der Waals surface area contributed by atoms with Crippen LogP contribution in [0.1, 0.15) is 4.88 Å². The summed E-state index contributed by atoms with van der Waals surface area (Å²) in [6.45, 7) is -2.23. The van der Waals surface area contributed by atoms with Crippen LogP contribution in [0.15, 0.2) is 48.5 Å². The normalized spacial score (nSPS) is 11.5. The molecule has 0 radical (unpaired) electrons.